The standard InChI is InChI=1S/C9H20N2O/c1-8(6-10-2)11-7-9-4-3-5-12-9/h8-11H,3-7H2,1-2H3. The lowest BCUT2D eigenvalue weighted by atomic mass is 10.2. The van der Waals surface area contributed by atoms with E-state index >= 15 is 0 Å². The third kappa shape index (κ3) is 3.52. The summed E-state index contributed by atoms with van der Waals surface area (Å²) in [5.41, 5.74) is 0. The van der Waals surface area contributed by atoms with E-state index in [1.165, 1.54) is 12.8 Å². The quantitative estimate of drug-likeness (QED) is 0.628. The van der Waals surface area contributed by atoms with Crippen molar-refractivity contribution in [3.05, 3.63) is 0 Å². The number of hydrogen-bond acceptors (Lipinski definition) is 3. The zero-order chi connectivity index (χ0) is 8.81. The lowest BCUT2D eigenvalue weighted by Gasteiger charge is -2.16. The summed E-state index contributed by atoms with van der Waals surface area (Å²) in [4.78, 5) is 0. The van der Waals surface area contributed by atoms with Gasteiger partial charge in [-0.2, -0.15) is 0 Å². The average Bonchev–Trinajstić information content (AvgIpc) is 2.53. The van der Waals surface area contributed by atoms with Gasteiger partial charge >= 0.3 is 0 Å². The van der Waals surface area contributed by atoms with Gasteiger partial charge in [0.15, 0.2) is 0 Å². The van der Waals surface area contributed by atoms with Gasteiger partial charge in [0.05, 0.1) is 6.10 Å². The zero-order valence-electron chi connectivity index (χ0n) is 8.10. The molecule has 0 radical (unpaired) electrons. The van der Waals surface area contributed by atoms with Crippen molar-refractivity contribution in [3.8, 4) is 0 Å². The maximum atomic E-state index is 5.50. The minimum absolute atomic E-state index is 0.462. The van der Waals surface area contributed by atoms with Crippen LogP contribution in [0.5, 0.6) is 0 Å². The van der Waals surface area contributed by atoms with Gasteiger partial charge in [0.25, 0.3) is 0 Å². The van der Waals surface area contributed by atoms with Crippen LogP contribution in [0.15, 0.2) is 0 Å². The molecule has 1 fully saturated rings. The smallest absolute Gasteiger partial charge is 0.0700 e. The van der Waals surface area contributed by atoms with Crippen molar-refractivity contribution in [2.75, 3.05) is 26.7 Å². The number of likely N-dealkylation sites (N-methyl/N-ethyl adjacent to an activating group) is 1. The van der Waals surface area contributed by atoms with Crippen LogP contribution in [0, 0.1) is 0 Å². The second kappa shape index (κ2) is 5.51. The van der Waals surface area contributed by atoms with Gasteiger partial charge in [0.2, 0.25) is 0 Å². The molecule has 2 atom stereocenters. The number of hydrogen-bond donors (Lipinski definition) is 2. The first-order chi connectivity index (χ1) is 5.83. The zero-order valence-corrected chi connectivity index (χ0v) is 8.10. The highest BCUT2D eigenvalue weighted by Crippen LogP contribution is 2.10. The summed E-state index contributed by atoms with van der Waals surface area (Å²) >= 11 is 0. The predicted molar refractivity (Wildman–Crippen MR) is 50.4 cm³/mol. The van der Waals surface area contributed by atoms with E-state index in [1.807, 2.05) is 7.05 Å². The van der Waals surface area contributed by atoms with E-state index in [-0.39, 0.29) is 0 Å². The Kier molecular flexibility index (Phi) is 4.58. The van der Waals surface area contributed by atoms with Crippen LogP contribution in [0.2, 0.25) is 0 Å². The minimum Gasteiger partial charge on any atom is -0.377 e. The van der Waals surface area contributed by atoms with Crippen LogP contribution in [-0.2, 0) is 4.74 Å². The molecule has 1 heterocycles. The topological polar surface area (TPSA) is 33.3 Å². The summed E-state index contributed by atoms with van der Waals surface area (Å²) in [6.07, 6.45) is 2.91. The van der Waals surface area contributed by atoms with Crippen LogP contribution in [0.1, 0.15) is 19.8 Å². The molecule has 0 bridgehead atoms. The molecule has 1 rings (SSSR count). The first-order valence-electron chi connectivity index (χ1n) is 4.82. The van der Waals surface area contributed by atoms with Crippen LogP contribution in [0.25, 0.3) is 0 Å². The fourth-order valence-corrected chi connectivity index (χ4v) is 1.52. The molecule has 0 aromatic carbocycles. The Morgan fingerprint density at radius 2 is 2.42 bits per heavy atom. The van der Waals surface area contributed by atoms with Gasteiger partial charge in [0.1, 0.15) is 0 Å². The molecule has 0 spiro atoms. The van der Waals surface area contributed by atoms with Gasteiger partial charge < -0.3 is 15.4 Å². The van der Waals surface area contributed by atoms with Gasteiger partial charge in [-0.25, -0.2) is 0 Å². The molecule has 3 nitrogen and oxygen atoms in total. The second-order valence-corrected chi connectivity index (χ2v) is 3.50. The van der Waals surface area contributed by atoms with Gasteiger partial charge in [-0.15, -0.1) is 0 Å². The molecule has 1 aliphatic rings. The van der Waals surface area contributed by atoms with Crippen molar-refractivity contribution in [1.82, 2.24) is 10.6 Å². The molecule has 0 amide bonds. The molecule has 0 aromatic heterocycles. The van der Waals surface area contributed by atoms with Gasteiger partial charge in [-0.05, 0) is 26.8 Å². The molecular weight excluding hydrogens is 152 g/mol. The van der Waals surface area contributed by atoms with Crippen LogP contribution < -0.4 is 10.6 Å². The molecule has 0 saturated carbocycles. The van der Waals surface area contributed by atoms with Crippen molar-refractivity contribution < 1.29 is 4.74 Å². The second-order valence-electron chi connectivity index (χ2n) is 3.50. The summed E-state index contributed by atoms with van der Waals surface area (Å²) in [7, 11) is 1.98. The fourth-order valence-electron chi connectivity index (χ4n) is 1.52. The summed E-state index contributed by atoms with van der Waals surface area (Å²) < 4.78 is 5.50. The normalized spacial score (nSPS) is 26.0. The van der Waals surface area contributed by atoms with Crippen LogP contribution in [0.3, 0.4) is 0 Å². The third-order valence-corrected chi connectivity index (χ3v) is 2.23. The molecule has 12 heavy (non-hydrogen) atoms. The van der Waals surface area contributed by atoms with Crippen molar-refractivity contribution in [2.45, 2.75) is 31.9 Å². The molecular formula is C9H20N2O. The van der Waals surface area contributed by atoms with Gasteiger partial charge in [-0.3, -0.25) is 0 Å². The number of nitrogens with one attached hydrogen (secondary N) is 2. The highest BCUT2D eigenvalue weighted by atomic mass is 16.5. The summed E-state index contributed by atoms with van der Waals surface area (Å²) in [6, 6.07) is 0.541. The Labute approximate surface area is 74.9 Å². The monoisotopic (exact) mass is 172 g/mol. The van der Waals surface area contributed by atoms with E-state index in [1.54, 1.807) is 0 Å². The van der Waals surface area contributed by atoms with Crippen molar-refractivity contribution in [1.29, 1.82) is 0 Å². The molecule has 72 valence electrons. The van der Waals surface area contributed by atoms with Crippen LogP contribution in [-0.4, -0.2) is 38.9 Å². The first-order valence-corrected chi connectivity index (χ1v) is 4.82. The van der Waals surface area contributed by atoms with Crippen molar-refractivity contribution >= 4 is 0 Å². The Morgan fingerprint density at radius 1 is 1.58 bits per heavy atom. The molecule has 0 aliphatic carbocycles. The Hall–Kier alpha value is -0.120. The molecule has 0 aromatic rings. The molecule has 2 N–H and O–H groups in total. The van der Waals surface area contributed by atoms with Crippen LogP contribution in [0.4, 0.5) is 0 Å². The van der Waals surface area contributed by atoms with Crippen molar-refractivity contribution in [3.63, 3.8) is 0 Å². The summed E-state index contributed by atoms with van der Waals surface area (Å²) in [6.45, 7) is 5.16. The SMILES string of the molecule is CNCC(C)NCC1CCCO1. The Bertz CT molecular complexity index is 113. The average molecular weight is 172 g/mol. The third-order valence-electron chi connectivity index (χ3n) is 2.23. The largest absolute Gasteiger partial charge is 0.377 e. The number of ether oxygens (including phenoxy) is 1. The lowest BCUT2D eigenvalue weighted by Crippen LogP contribution is -2.39. The maximum absolute atomic E-state index is 5.50. The van der Waals surface area contributed by atoms with E-state index in [4.69, 9.17) is 4.74 Å². The summed E-state index contributed by atoms with van der Waals surface area (Å²) in [5.74, 6) is 0. The lowest BCUT2D eigenvalue weighted by molar-refractivity contribution is 0.108. The van der Waals surface area contributed by atoms with E-state index in [9.17, 15) is 0 Å². The van der Waals surface area contributed by atoms with E-state index in [2.05, 4.69) is 17.6 Å². The predicted octanol–water partition coefficient (Wildman–Crippen LogP) is 0.363. The highest BCUT2D eigenvalue weighted by molar-refractivity contribution is 4.70. The summed E-state index contributed by atoms with van der Waals surface area (Å²) in [5, 5.41) is 6.58. The Morgan fingerprint density at radius 3 is 3.00 bits per heavy atom. The van der Waals surface area contributed by atoms with Crippen LogP contribution >= 0.6 is 0 Å². The fraction of sp³-hybridized carbons (Fsp3) is 1.00. The Balaban J connectivity index is 1.99. The van der Waals surface area contributed by atoms with Crippen molar-refractivity contribution in [2.24, 2.45) is 0 Å². The van der Waals surface area contributed by atoms with E-state index in [0.717, 1.165) is 19.7 Å². The first kappa shape index (κ1) is 9.96. The molecule has 1 saturated heterocycles. The maximum Gasteiger partial charge on any atom is 0.0700 e. The molecule has 1 aliphatic heterocycles. The van der Waals surface area contributed by atoms with Gasteiger partial charge in [0, 0.05) is 25.7 Å². The van der Waals surface area contributed by atoms with E-state index in [0.29, 0.717) is 12.1 Å². The number of rotatable bonds is 5. The highest BCUT2D eigenvalue weighted by Gasteiger charge is 2.15. The minimum atomic E-state index is 0.462. The molecule has 3 heteroatoms. The molecule has 2 unspecified atom stereocenters. The van der Waals surface area contributed by atoms with E-state index < -0.39 is 0 Å². The van der Waals surface area contributed by atoms with Gasteiger partial charge in [-0.1, -0.05) is 0 Å².